The van der Waals surface area contributed by atoms with E-state index < -0.39 is 18.0 Å². The predicted molar refractivity (Wildman–Crippen MR) is 154 cm³/mol. The van der Waals surface area contributed by atoms with Crippen molar-refractivity contribution in [3.8, 4) is 5.75 Å². The summed E-state index contributed by atoms with van der Waals surface area (Å²) in [6.45, 7) is 8.10. The Bertz CT molecular complexity index is 1090. The summed E-state index contributed by atoms with van der Waals surface area (Å²) in [6.07, 6.45) is 8.20. The number of hydrogen-bond acceptors (Lipinski definition) is 7. The minimum atomic E-state index is -0.985. The second-order valence-electron chi connectivity index (χ2n) is 10.1. The summed E-state index contributed by atoms with van der Waals surface area (Å²) in [4.78, 5) is 61.4. The highest BCUT2D eigenvalue weighted by Gasteiger charge is 2.29. The normalized spacial score (nSPS) is 11.6. The summed E-state index contributed by atoms with van der Waals surface area (Å²) in [7, 11) is 0. The summed E-state index contributed by atoms with van der Waals surface area (Å²) in [6, 6.07) is 12.7. The van der Waals surface area contributed by atoms with Gasteiger partial charge in [0.2, 0.25) is 0 Å². The average Bonchev–Trinajstić information content (AvgIpc) is 2.98. The lowest BCUT2D eigenvalue weighted by molar-refractivity contribution is -0.187. The Kier molecular flexibility index (Phi) is 14.7. The fourth-order valence-corrected chi connectivity index (χ4v) is 4.50. The lowest BCUT2D eigenvalue weighted by Crippen LogP contribution is -2.33. The van der Waals surface area contributed by atoms with E-state index in [2.05, 4.69) is 6.92 Å². The summed E-state index contributed by atoms with van der Waals surface area (Å²) in [5.41, 5.74) is 0.478. The van der Waals surface area contributed by atoms with Crippen molar-refractivity contribution in [3.05, 3.63) is 65.2 Å². The second-order valence-corrected chi connectivity index (χ2v) is 10.1. The van der Waals surface area contributed by atoms with Crippen LogP contribution in [0.2, 0.25) is 0 Å². The highest BCUT2D eigenvalue weighted by Crippen LogP contribution is 2.27. The molecule has 0 aromatic heterocycles. The van der Waals surface area contributed by atoms with Crippen molar-refractivity contribution in [1.29, 1.82) is 0 Å². The molecule has 0 bridgehead atoms. The first-order valence-electron chi connectivity index (χ1n) is 14.7. The molecule has 2 aromatic rings. The molecule has 2 rings (SSSR count). The topological polar surface area (TPSA) is 96.0 Å². The van der Waals surface area contributed by atoms with Crippen molar-refractivity contribution in [2.75, 3.05) is 0 Å². The molecule has 0 saturated carbocycles. The lowest BCUT2D eigenvalue weighted by atomic mass is 9.92. The van der Waals surface area contributed by atoms with Crippen molar-refractivity contribution < 1.29 is 33.7 Å². The van der Waals surface area contributed by atoms with Crippen LogP contribution in [0.1, 0.15) is 129 Å². The van der Waals surface area contributed by atoms with Crippen LogP contribution < -0.4 is 4.74 Å². The molecular formula is C33H44O7. The van der Waals surface area contributed by atoms with Gasteiger partial charge in [-0.1, -0.05) is 78.0 Å². The molecule has 7 heteroatoms. The van der Waals surface area contributed by atoms with Crippen LogP contribution in [0.4, 0.5) is 0 Å². The lowest BCUT2D eigenvalue weighted by Gasteiger charge is -2.23. The first-order valence-corrected chi connectivity index (χ1v) is 14.7. The molecule has 0 aliphatic heterocycles. The van der Waals surface area contributed by atoms with Gasteiger partial charge in [-0.15, -0.1) is 0 Å². The van der Waals surface area contributed by atoms with E-state index in [9.17, 15) is 19.2 Å². The number of hydrogen-bond donors (Lipinski definition) is 0. The van der Waals surface area contributed by atoms with Gasteiger partial charge in [0.1, 0.15) is 11.3 Å². The molecule has 1 unspecified atom stereocenters. The number of carbonyl (C=O) groups excluding carboxylic acids is 4. The Labute approximate surface area is 238 Å². The molecule has 0 heterocycles. The van der Waals surface area contributed by atoms with Crippen molar-refractivity contribution >= 4 is 23.5 Å². The van der Waals surface area contributed by atoms with Crippen molar-refractivity contribution in [1.82, 2.24) is 0 Å². The van der Waals surface area contributed by atoms with E-state index in [0.717, 1.165) is 44.9 Å². The zero-order valence-electron chi connectivity index (χ0n) is 24.4. The van der Waals surface area contributed by atoms with Crippen LogP contribution in [0.5, 0.6) is 5.75 Å². The quantitative estimate of drug-likeness (QED) is 0.0797. The minimum Gasteiger partial charge on any atom is -0.482 e. The molecule has 0 N–H and O–H groups in total. The Morgan fingerprint density at radius 2 is 1.35 bits per heavy atom. The van der Waals surface area contributed by atoms with Gasteiger partial charge in [0.25, 0.3) is 0 Å². The van der Waals surface area contributed by atoms with Crippen LogP contribution in [-0.4, -0.2) is 29.6 Å². The molecule has 0 spiro atoms. The van der Waals surface area contributed by atoms with Crippen LogP contribution >= 0.6 is 0 Å². The second kappa shape index (κ2) is 18.0. The molecular weight excluding hydrogens is 508 g/mol. The van der Waals surface area contributed by atoms with Crippen molar-refractivity contribution in [2.45, 2.75) is 104 Å². The molecule has 218 valence electrons. The Morgan fingerprint density at radius 3 is 2.00 bits per heavy atom. The Hall–Kier alpha value is -3.48. The van der Waals surface area contributed by atoms with Gasteiger partial charge >= 0.3 is 11.9 Å². The van der Waals surface area contributed by atoms with Crippen LogP contribution in [0.3, 0.4) is 0 Å². The molecule has 40 heavy (non-hydrogen) atoms. The van der Waals surface area contributed by atoms with E-state index in [1.807, 2.05) is 20.8 Å². The molecule has 0 saturated heterocycles. The number of carbonyl (C=O) groups is 4. The van der Waals surface area contributed by atoms with Gasteiger partial charge in [-0.3, -0.25) is 9.59 Å². The highest BCUT2D eigenvalue weighted by molar-refractivity contribution is 6.01. The molecule has 0 radical (unpaired) electrons. The van der Waals surface area contributed by atoms with Crippen molar-refractivity contribution in [2.24, 2.45) is 5.92 Å². The van der Waals surface area contributed by atoms with Gasteiger partial charge in [-0.2, -0.15) is 0 Å². The summed E-state index contributed by atoms with van der Waals surface area (Å²) < 4.78 is 6.16. The zero-order valence-corrected chi connectivity index (χ0v) is 24.4. The molecule has 0 fully saturated rings. The number of unbranched alkanes of at least 4 members (excludes halogenated alkanes) is 5. The van der Waals surface area contributed by atoms with Gasteiger partial charge in [0, 0.05) is 17.9 Å². The molecule has 1 atom stereocenters. The van der Waals surface area contributed by atoms with Crippen LogP contribution in [0.15, 0.2) is 48.5 Å². The molecule has 7 nitrogen and oxygen atoms in total. The summed E-state index contributed by atoms with van der Waals surface area (Å²) in [5.74, 6) is -1.98. The van der Waals surface area contributed by atoms with Gasteiger partial charge in [0.05, 0.1) is 5.56 Å². The average molecular weight is 553 g/mol. The number of Topliss-reactive ketones (excluding diaryl/α,β-unsaturated/α-hetero) is 2. The Balaban J connectivity index is 2.31. The standard InChI is InChI=1S/C33H44O7/c1-5-9-11-12-16-19-28(34)26-21-22-29(38-30(20-10-6-2)31(35)24(7-3)8-4)27(23-26)33(37)40-39-32(36)25-17-14-13-15-18-25/h13-15,17-18,21-24,30H,5-12,16,19-20H2,1-4H3. The molecule has 0 amide bonds. The van der Waals surface area contributed by atoms with Gasteiger partial charge in [0.15, 0.2) is 17.7 Å². The van der Waals surface area contributed by atoms with Gasteiger partial charge in [-0.05, 0) is 62.4 Å². The SMILES string of the molecule is CCCCCCCC(=O)c1ccc(OC(CCCC)C(=O)C(CC)CC)c(C(=O)OOC(=O)c2ccccc2)c1. The van der Waals surface area contributed by atoms with E-state index in [4.69, 9.17) is 14.5 Å². The fraction of sp³-hybridized carbons (Fsp3) is 0.515. The number of benzene rings is 2. The van der Waals surface area contributed by atoms with Gasteiger partial charge in [-0.25, -0.2) is 19.4 Å². The highest BCUT2D eigenvalue weighted by atomic mass is 17.2. The van der Waals surface area contributed by atoms with Crippen LogP contribution in [-0.2, 0) is 14.6 Å². The molecule has 2 aromatic carbocycles. The largest absolute Gasteiger partial charge is 0.482 e. The minimum absolute atomic E-state index is 0.0134. The zero-order chi connectivity index (χ0) is 29.3. The summed E-state index contributed by atoms with van der Waals surface area (Å²) in [5, 5.41) is 0. The number of rotatable bonds is 18. The third-order valence-corrected chi connectivity index (χ3v) is 7.03. The van der Waals surface area contributed by atoms with E-state index in [1.54, 1.807) is 24.3 Å². The molecule has 0 aliphatic carbocycles. The maximum absolute atomic E-state index is 13.3. The van der Waals surface area contributed by atoms with Crippen molar-refractivity contribution in [3.63, 3.8) is 0 Å². The number of ether oxygens (including phenoxy) is 1. The van der Waals surface area contributed by atoms with Crippen LogP contribution in [0.25, 0.3) is 0 Å². The first kappa shape index (κ1) is 32.7. The monoisotopic (exact) mass is 552 g/mol. The smallest absolute Gasteiger partial charge is 0.390 e. The van der Waals surface area contributed by atoms with E-state index >= 15 is 0 Å². The molecule has 0 aliphatic rings. The first-order chi connectivity index (χ1) is 19.4. The maximum atomic E-state index is 13.3. The van der Waals surface area contributed by atoms with Gasteiger partial charge < -0.3 is 4.74 Å². The fourth-order valence-electron chi connectivity index (χ4n) is 4.50. The predicted octanol–water partition coefficient (Wildman–Crippen LogP) is 8.10. The third-order valence-electron chi connectivity index (χ3n) is 7.03. The van der Waals surface area contributed by atoms with E-state index in [-0.39, 0.29) is 34.4 Å². The van der Waals surface area contributed by atoms with E-state index in [1.165, 1.54) is 24.3 Å². The van der Waals surface area contributed by atoms with Crippen LogP contribution in [0, 0.1) is 5.92 Å². The van der Waals surface area contributed by atoms with E-state index in [0.29, 0.717) is 31.2 Å². The Morgan fingerprint density at radius 1 is 0.700 bits per heavy atom. The number of ketones is 2. The third kappa shape index (κ3) is 10.2. The maximum Gasteiger partial charge on any atom is 0.390 e. The summed E-state index contributed by atoms with van der Waals surface area (Å²) >= 11 is 0.